The Bertz CT molecular complexity index is 1120. The fourth-order valence-electron chi connectivity index (χ4n) is 5.18. The number of fused-ring (bicyclic) bond motifs is 1. The fraction of sp³-hybridized carbons (Fsp3) is 0.556. The molecule has 0 radical (unpaired) electrons. The van der Waals surface area contributed by atoms with E-state index >= 15 is 0 Å². The Balaban J connectivity index is 1.73. The number of nitrogens with zero attached hydrogens (tertiary/aromatic N) is 3. The molecule has 2 heterocycles. The van der Waals surface area contributed by atoms with Crippen molar-refractivity contribution in [3.8, 4) is 5.75 Å². The number of hydrogen-bond acceptors (Lipinski definition) is 6. The summed E-state index contributed by atoms with van der Waals surface area (Å²) in [5, 5.41) is 13.1. The van der Waals surface area contributed by atoms with E-state index in [0.29, 0.717) is 12.4 Å². The summed E-state index contributed by atoms with van der Waals surface area (Å²) in [4.78, 5) is 46.1. The number of rotatable bonds is 8. The molecule has 2 atom stereocenters. The monoisotopic (exact) mass is 496 g/mol. The highest BCUT2D eigenvalue weighted by Crippen LogP contribution is 2.33. The van der Waals surface area contributed by atoms with Crippen LogP contribution in [0.1, 0.15) is 85.8 Å². The van der Waals surface area contributed by atoms with Gasteiger partial charge in [0.05, 0.1) is 26.0 Å². The van der Waals surface area contributed by atoms with Crippen LogP contribution in [0.5, 0.6) is 5.75 Å². The first-order valence-electron chi connectivity index (χ1n) is 12.9. The second kappa shape index (κ2) is 10.8. The lowest BCUT2D eigenvalue weighted by atomic mass is 9.92. The predicted octanol–water partition coefficient (Wildman–Crippen LogP) is 3.10. The Morgan fingerprint density at radius 2 is 1.92 bits per heavy atom. The maximum absolute atomic E-state index is 14.0. The minimum atomic E-state index is -1.30. The van der Waals surface area contributed by atoms with Gasteiger partial charge in [-0.25, -0.2) is 4.98 Å². The molecular weight excluding hydrogens is 460 g/mol. The van der Waals surface area contributed by atoms with E-state index in [0.717, 1.165) is 31.2 Å². The van der Waals surface area contributed by atoms with Crippen molar-refractivity contribution in [3.05, 3.63) is 47.5 Å². The van der Waals surface area contributed by atoms with Gasteiger partial charge in [-0.05, 0) is 39.7 Å². The molecular formula is C27H36N4O5. The number of carbonyl (C=O) groups is 3. The molecule has 9 nitrogen and oxygen atoms in total. The molecule has 0 bridgehead atoms. The molecule has 194 valence electrons. The molecule has 1 saturated carbocycles. The molecule has 2 unspecified atom stereocenters. The zero-order valence-electron chi connectivity index (χ0n) is 21.3. The lowest BCUT2D eigenvalue weighted by Crippen LogP contribution is -2.64. The number of carbonyl (C=O) groups excluding carboxylic acids is 3. The van der Waals surface area contributed by atoms with E-state index in [4.69, 9.17) is 4.74 Å². The molecule has 1 aromatic carbocycles. The van der Waals surface area contributed by atoms with Crippen molar-refractivity contribution in [3.63, 3.8) is 0 Å². The highest BCUT2D eigenvalue weighted by atomic mass is 16.5. The van der Waals surface area contributed by atoms with Crippen LogP contribution in [0.4, 0.5) is 0 Å². The van der Waals surface area contributed by atoms with E-state index in [1.807, 2.05) is 31.2 Å². The minimum absolute atomic E-state index is 0.0704. The molecule has 1 aliphatic heterocycles. The van der Waals surface area contributed by atoms with Gasteiger partial charge in [0.2, 0.25) is 11.7 Å². The molecule has 36 heavy (non-hydrogen) atoms. The summed E-state index contributed by atoms with van der Waals surface area (Å²) in [6, 6.07) is 7.50. The van der Waals surface area contributed by atoms with E-state index in [-0.39, 0.29) is 36.4 Å². The van der Waals surface area contributed by atoms with Crippen molar-refractivity contribution in [1.29, 1.82) is 0 Å². The van der Waals surface area contributed by atoms with Gasteiger partial charge in [0.1, 0.15) is 28.8 Å². The van der Waals surface area contributed by atoms with E-state index in [9.17, 15) is 19.5 Å². The molecule has 1 aliphatic carbocycles. The van der Waals surface area contributed by atoms with Gasteiger partial charge in [0.25, 0.3) is 5.91 Å². The molecule has 2 aliphatic rings. The number of ketones is 1. The lowest BCUT2D eigenvalue weighted by Gasteiger charge is -2.44. The quantitative estimate of drug-likeness (QED) is 0.429. The lowest BCUT2D eigenvalue weighted by molar-refractivity contribution is -0.134. The summed E-state index contributed by atoms with van der Waals surface area (Å²) >= 11 is 0. The summed E-state index contributed by atoms with van der Waals surface area (Å²) in [6.45, 7) is 5.73. The van der Waals surface area contributed by atoms with E-state index in [2.05, 4.69) is 10.3 Å². The van der Waals surface area contributed by atoms with E-state index in [1.165, 1.54) is 31.0 Å². The summed E-state index contributed by atoms with van der Waals surface area (Å²) in [7, 11) is 0. The average molecular weight is 497 g/mol. The molecule has 2 amide bonds. The third-order valence-corrected chi connectivity index (χ3v) is 7.25. The van der Waals surface area contributed by atoms with Crippen molar-refractivity contribution in [2.24, 2.45) is 0 Å². The zero-order chi connectivity index (χ0) is 25.9. The van der Waals surface area contributed by atoms with Crippen molar-refractivity contribution >= 4 is 17.6 Å². The number of hydrogen-bond donors (Lipinski definition) is 2. The third kappa shape index (κ3) is 5.02. The van der Waals surface area contributed by atoms with Gasteiger partial charge in [-0.2, -0.15) is 0 Å². The Morgan fingerprint density at radius 1 is 1.22 bits per heavy atom. The van der Waals surface area contributed by atoms with Crippen molar-refractivity contribution in [1.82, 2.24) is 19.8 Å². The summed E-state index contributed by atoms with van der Waals surface area (Å²) in [6.07, 6.45) is 6.44. The van der Waals surface area contributed by atoms with Crippen LogP contribution < -0.4 is 10.1 Å². The molecule has 2 N–H and O–H groups in total. The van der Waals surface area contributed by atoms with Gasteiger partial charge in [0.15, 0.2) is 0 Å². The summed E-state index contributed by atoms with van der Waals surface area (Å²) in [5.41, 5.74) is -0.446. The van der Waals surface area contributed by atoms with Gasteiger partial charge in [0, 0.05) is 11.6 Å². The molecule has 1 aromatic heterocycles. The zero-order valence-corrected chi connectivity index (χ0v) is 21.3. The number of aliphatic hydroxyl groups is 1. The Morgan fingerprint density at radius 3 is 2.58 bits per heavy atom. The number of amides is 2. The summed E-state index contributed by atoms with van der Waals surface area (Å²) < 4.78 is 7.35. The van der Waals surface area contributed by atoms with E-state index in [1.54, 1.807) is 11.5 Å². The fourth-order valence-corrected chi connectivity index (χ4v) is 5.18. The smallest absolute Gasteiger partial charge is 0.274 e. The maximum Gasteiger partial charge on any atom is 0.274 e. The first kappa shape index (κ1) is 25.9. The van der Waals surface area contributed by atoms with Crippen molar-refractivity contribution < 1.29 is 24.2 Å². The van der Waals surface area contributed by atoms with Crippen molar-refractivity contribution in [2.45, 2.75) is 90.1 Å². The molecule has 2 aromatic rings. The van der Waals surface area contributed by atoms with Gasteiger partial charge in [-0.1, -0.05) is 43.9 Å². The topological polar surface area (TPSA) is 114 Å². The number of nitrogens with one attached hydrogen (secondary N) is 1. The van der Waals surface area contributed by atoms with Gasteiger partial charge in [-0.3, -0.25) is 14.4 Å². The van der Waals surface area contributed by atoms with Crippen LogP contribution in [0.3, 0.4) is 0 Å². The summed E-state index contributed by atoms with van der Waals surface area (Å²) in [5.74, 6) is -0.691. The number of para-hydroxylation sites is 1. The SMILES string of the molecule is CCOc1ccccc1CN1C(=O)c2c(C(=O)C(C)O)ncn2CC1(C)C(=O)NC1CCCCCC1. The van der Waals surface area contributed by atoms with Crippen LogP contribution in [0, 0.1) is 0 Å². The van der Waals surface area contributed by atoms with E-state index < -0.39 is 23.3 Å². The standard InChI is InChI=1S/C27H36N4O5/c1-4-36-21-14-10-9-11-19(21)15-31-25(34)23-22(24(33)18(2)32)28-17-30(23)16-27(31,3)26(35)29-20-12-7-5-6-8-13-20/h9-11,14,17-18,20,32H,4-8,12-13,15-16H2,1-3H3,(H,29,35). The van der Waals surface area contributed by atoms with Crippen LogP contribution in [0.25, 0.3) is 0 Å². The Kier molecular flexibility index (Phi) is 7.78. The normalized spacial score (nSPS) is 21.4. The number of ether oxygens (including phenoxy) is 1. The van der Waals surface area contributed by atoms with Crippen molar-refractivity contribution in [2.75, 3.05) is 6.61 Å². The second-order valence-corrected chi connectivity index (χ2v) is 9.98. The van der Waals surface area contributed by atoms with Crippen LogP contribution in [0.15, 0.2) is 30.6 Å². The number of aliphatic hydroxyl groups excluding tert-OH is 1. The van der Waals surface area contributed by atoms with Crippen LogP contribution in [0.2, 0.25) is 0 Å². The van der Waals surface area contributed by atoms with Crippen LogP contribution in [-0.4, -0.2) is 61.4 Å². The first-order valence-corrected chi connectivity index (χ1v) is 12.9. The highest BCUT2D eigenvalue weighted by molar-refractivity contribution is 6.09. The average Bonchev–Trinajstić information content (AvgIpc) is 3.09. The first-order chi connectivity index (χ1) is 17.3. The Hall–Kier alpha value is -3.20. The molecule has 0 spiro atoms. The minimum Gasteiger partial charge on any atom is -0.494 e. The maximum atomic E-state index is 14.0. The van der Waals surface area contributed by atoms with Crippen LogP contribution in [-0.2, 0) is 17.9 Å². The largest absolute Gasteiger partial charge is 0.494 e. The third-order valence-electron chi connectivity index (χ3n) is 7.25. The number of Topliss-reactive ketones (excluding diaryl/α,β-unsaturated/α-hetero) is 1. The van der Waals surface area contributed by atoms with Gasteiger partial charge >= 0.3 is 0 Å². The number of benzene rings is 1. The Labute approximate surface area is 211 Å². The molecule has 9 heteroatoms. The molecule has 0 saturated heterocycles. The number of imidazole rings is 1. The van der Waals surface area contributed by atoms with Crippen LogP contribution >= 0.6 is 0 Å². The molecule has 1 fully saturated rings. The number of aromatic nitrogens is 2. The predicted molar refractivity (Wildman–Crippen MR) is 134 cm³/mol. The van der Waals surface area contributed by atoms with Gasteiger partial charge in [-0.15, -0.1) is 0 Å². The van der Waals surface area contributed by atoms with Gasteiger partial charge < -0.3 is 24.6 Å². The molecule has 4 rings (SSSR count). The second-order valence-electron chi connectivity index (χ2n) is 9.98. The highest BCUT2D eigenvalue weighted by Gasteiger charge is 2.49.